The van der Waals surface area contributed by atoms with E-state index in [2.05, 4.69) is 9.98 Å². The van der Waals surface area contributed by atoms with Crippen LogP contribution in [0, 0.1) is 0 Å². The van der Waals surface area contributed by atoms with Gasteiger partial charge in [-0.05, 0) is 124 Å². The van der Waals surface area contributed by atoms with Crippen LogP contribution in [0.25, 0.3) is 88.6 Å². The Morgan fingerprint density at radius 3 is 1.09 bits per heavy atom. The average molecular weight is 1260 g/mol. The van der Waals surface area contributed by atoms with E-state index in [4.69, 9.17) is 0 Å². The van der Waals surface area contributed by atoms with Crippen LogP contribution in [0.2, 0.25) is 0 Å². The number of rotatable bonds is 6. The second-order valence-corrected chi connectivity index (χ2v) is 20.1. The molecule has 0 N–H and O–H groups in total. The molecule has 0 aliphatic carbocycles. The maximum Gasteiger partial charge on any atom is 0.417 e. The third kappa shape index (κ3) is 10.8. The smallest absolute Gasteiger partial charge is 0.313 e. The fraction of sp³-hybridized carbons (Fsp3) is 0.167. The topological polar surface area (TPSA) is 35.1 Å². The van der Waals surface area contributed by atoms with Gasteiger partial charge in [0.1, 0.15) is 0 Å². The molecule has 0 fully saturated rings. The van der Waals surface area contributed by atoms with Crippen LogP contribution in [0.3, 0.4) is 0 Å². The number of nitrogens with zero attached hydrogens (tertiary/aromatic N) is 4. The van der Waals surface area contributed by atoms with Crippen LogP contribution in [0.5, 0.6) is 0 Å². The molecule has 1 aliphatic heterocycles. The van der Waals surface area contributed by atoms with E-state index in [1.165, 1.54) is 45.9 Å². The Bertz CT molecular complexity index is 4390. The highest BCUT2D eigenvalue weighted by Gasteiger charge is 2.48. The van der Waals surface area contributed by atoms with Crippen LogP contribution >= 0.6 is 0 Å². The van der Waals surface area contributed by atoms with Gasteiger partial charge < -0.3 is 9.13 Å². The first kappa shape index (κ1) is 60.7. The van der Waals surface area contributed by atoms with E-state index in [1.807, 2.05) is 0 Å². The molecule has 0 atom stereocenters. The summed E-state index contributed by atoms with van der Waals surface area (Å²) in [5, 5.41) is 0.207. The number of alkyl halides is 24. The molecule has 0 amide bonds. The molecule has 0 saturated carbocycles. The quantitative estimate of drug-likeness (QED) is 0.153. The molecule has 0 saturated heterocycles. The van der Waals surface area contributed by atoms with Gasteiger partial charge in [0.05, 0.1) is 61.1 Å². The van der Waals surface area contributed by atoms with Crippen LogP contribution in [0.1, 0.15) is 55.8 Å². The molecule has 4 heterocycles. The summed E-state index contributed by atoms with van der Waals surface area (Å²) in [7, 11) is 0. The number of pyridine rings is 1. The fourth-order valence-electron chi connectivity index (χ4n) is 11.1. The van der Waals surface area contributed by atoms with Crippen molar-refractivity contribution in [2.45, 2.75) is 55.8 Å². The van der Waals surface area contributed by atoms with E-state index < -0.39 is 163 Å². The van der Waals surface area contributed by atoms with Crippen LogP contribution < -0.4 is 0 Å². The van der Waals surface area contributed by atoms with E-state index in [0.29, 0.717) is 5.69 Å². The second kappa shape index (κ2) is 20.3. The van der Waals surface area contributed by atoms with Gasteiger partial charge in [-0.15, -0.1) is 0 Å². The van der Waals surface area contributed by atoms with Gasteiger partial charge in [-0.3, -0.25) is 9.98 Å². The molecular weight excluding hydrogens is 1230 g/mol. The Kier molecular flexibility index (Phi) is 14.0. The lowest BCUT2D eigenvalue weighted by atomic mass is 9.89. The first-order valence-electron chi connectivity index (χ1n) is 25.1. The van der Waals surface area contributed by atoms with Gasteiger partial charge in [-0.25, -0.2) is 0 Å². The minimum atomic E-state index is -5.74. The van der Waals surface area contributed by atoms with Gasteiger partial charge in [0.25, 0.3) is 0 Å². The summed E-state index contributed by atoms with van der Waals surface area (Å²) < 4.78 is 349. The van der Waals surface area contributed by atoms with Crippen molar-refractivity contribution >= 4 is 38.9 Å². The number of aromatic nitrogens is 3. The fourth-order valence-corrected chi connectivity index (χ4v) is 11.1. The predicted molar refractivity (Wildman–Crippen MR) is 273 cm³/mol. The predicted octanol–water partition coefficient (Wildman–Crippen LogP) is 20.9. The molecule has 7 aromatic carbocycles. The summed E-state index contributed by atoms with van der Waals surface area (Å²) in [6, 6.07) is 13.8. The zero-order valence-electron chi connectivity index (χ0n) is 43.1. The third-order valence-electron chi connectivity index (χ3n) is 14.7. The summed E-state index contributed by atoms with van der Waals surface area (Å²) in [6.45, 7) is 0.0764. The van der Waals surface area contributed by atoms with Crippen molar-refractivity contribution in [1.29, 1.82) is 0 Å². The molecule has 456 valence electrons. The lowest BCUT2D eigenvalue weighted by Crippen LogP contribution is -2.18. The van der Waals surface area contributed by atoms with Crippen molar-refractivity contribution in [2.24, 2.45) is 4.99 Å². The number of aliphatic imine (C=N–C) groups is 1. The first-order valence-corrected chi connectivity index (χ1v) is 25.1. The van der Waals surface area contributed by atoms with E-state index in [0.717, 1.165) is 72.8 Å². The molecule has 28 heteroatoms. The molecule has 0 unspecified atom stereocenters. The van der Waals surface area contributed by atoms with E-state index in [-0.39, 0.29) is 74.7 Å². The summed E-state index contributed by atoms with van der Waals surface area (Å²) in [4.78, 5) is 8.24. The molecule has 0 radical (unpaired) electrons. The van der Waals surface area contributed by atoms with Crippen molar-refractivity contribution in [1.82, 2.24) is 14.1 Å². The summed E-state index contributed by atoms with van der Waals surface area (Å²) in [5.74, 6) is 0. The number of fused-ring (bicyclic) bond motifs is 6. The molecule has 4 nitrogen and oxygen atoms in total. The summed E-state index contributed by atoms with van der Waals surface area (Å²) in [6.07, 6.45) is -41.2. The molecule has 1 aliphatic rings. The van der Waals surface area contributed by atoms with Crippen LogP contribution in [0.15, 0.2) is 145 Å². The Morgan fingerprint density at radius 2 is 0.693 bits per heavy atom. The average Bonchev–Trinajstić information content (AvgIpc) is 1.37. The number of benzene rings is 7. The van der Waals surface area contributed by atoms with Crippen molar-refractivity contribution in [3.63, 3.8) is 0 Å². The SMILES string of the molecule is FC(F)(F)c1cc(C(F)(F)F)c(-c2ccc(-n3c4c(c5cc(-c6cc(C(F)(F)F)c(-c7ccc8c(c7)c7cnccc7n8-c7ccc(-c8c(C(F)(F)F)cc(C(F)(F)F)cc8C(F)(F)F)cc7)cc6C(F)(F)F)ccc53)C=NCC4)cc2)c(C(F)(F)F)c1. The standard InChI is InChI=1S/C60H28F24N4/c61-53(62,63)31-19-43(57(73,74)75)51(44(20-31)58(76,77)78)27-1-7-33(8-2-27)87-47-11-5-29(17-37(47)39-25-85-15-13-49(39)87)35-23-42(56(70,71)72)36(24-41(35)55(67,68)69)30-6-12-48-38(18-30)40-26-86-16-14-50(40)88(48)34-9-3-28(4-10-34)52-45(59(79,80)81)21-32(54(64,65)66)22-46(52)60(82,83)84/h1-13,15,17-26H,14,16H2. The van der Waals surface area contributed by atoms with Gasteiger partial charge in [0, 0.05) is 81.5 Å². The highest BCUT2D eigenvalue weighted by atomic mass is 19.4. The number of hydrogen-bond donors (Lipinski definition) is 0. The van der Waals surface area contributed by atoms with Crippen LogP contribution in [-0.2, 0) is 55.8 Å². The van der Waals surface area contributed by atoms with Crippen molar-refractivity contribution in [2.75, 3.05) is 6.54 Å². The zero-order valence-corrected chi connectivity index (χ0v) is 43.1. The van der Waals surface area contributed by atoms with E-state index in [9.17, 15) is 79.0 Å². The Labute approximate surface area is 476 Å². The van der Waals surface area contributed by atoms with Crippen molar-refractivity contribution in [3.8, 4) is 55.9 Å². The van der Waals surface area contributed by atoms with Gasteiger partial charge in [-0.2, -0.15) is 105 Å². The Hall–Kier alpha value is -8.98. The number of halogens is 24. The second-order valence-electron chi connectivity index (χ2n) is 20.1. The highest BCUT2D eigenvalue weighted by molar-refractivity contribution is 6.10. The maximum absolute atomic E-state index is 15.4. The normalized spacial score (nSPS) is 14.0. The monoisotopic (exact) mass is 1260 g/mol. The molecule has 88 heavy (non-hydrogen) atoms. The zero-order chi connectivity index (χ0) is 64.0. The Balaban J connectivity index is 1.02. The molecule has 0 spiro atoms. The first-order chi connectivity index (χ1) is 40.7. The van der Waals surface area contributed by atoms with Crippen molar-refractivity contribution < 1.29 is 105 Å². The highest BCUT2D eigenvalue weighted by Crippen LogP contribution is 2.52. The van der Waals surface area contributed by atoms with Gasteiger partial charge >= 0.3 is 49.4 Å². The van der Waals surface area contributed by atoms with E-state index in [1.54, 1.807) is 0 Å². The molecule has 0 bridgehead atoms. The molecule has 3 aromatic heterocycles. The minimum Gasteiger partial charge on any atom is -0.313 e. The lowest BCUT2D eigenvalue weighted by Gasteiger charge is -2.22. The van der Waals surface area contributed by atoms with Gasteiger partial charge in [-0.1, -0.05) is 36.4 Å². The lowest BCUT2D eigenvalue weighted by molar-refractivity contribution is -0.150. The molecular formula is C60H28F24N4. The molecule has 10 aromatic rings. The summed E-state index contributed by atoms with van der Waals surface area (Å²) >= 11 is 0. The van der Waals surface area contributed by atoms with Gasteiger partial charge in [0.15, 0.2) is 0 Å². The number of hydrogen-bond acceptors (Lipinski definition) is 2. The maximum atomic E-state index is 15.4. The van der Waals surface area contributed by atoms with Gasteiger partial charge in [0.2, 0.25) is 0 Å². The summed E-state index contributed by atoms with van der Waals surface area (Å²) in [5.41, 5.74) is -23.6. The molecule has 11 rings (SSSR count). The third-order valence-corrected chi connectivity index (χ3v) is 14.7. The Morgan fingerprint density at radius 1 is 0.330 bits per heavy atom. The van der Waals surface area contributed by atoms with Crippen molar-refractivity contribution in [3.05, 3.63) is 196 Å². The van der Waals surface area contributed by atoms with Crippen LogP contribution in [0.4, 0.5) is 105 Å². The minimum absolute atomic E-state index is 0.0168. The van der Waals surface area contributed by atoms with E-state index >= 15 is 26.3 Å². The largest absolute Gasteiger partial charge is 0.417 e. The van der Waals surface area contributed by atoms with Crippen LogP contribution in [-0.4, -0.2) is 26.9 Å².